The van der Waals surface area contributed by atoms with E-state index in [4.69, 9.17) is 0 Å². The first-order valence-corrected chi connectivity index (χ1v) is 9.21. The molecule has 1 aliphatic rings. The van der Waals surface area contributed by atoms with Crippen LogP contribution in [0.15, 0.2) is 29.3 Å². The Bertz CT molecular complexity index is 624. The van der Waals surface area contributed by atoms with Crippen molar-refractivity contribution in [3.8, 4) is 0 Å². The first-order chi connectivity index (χ1) is 10.5. The van der Waals surface area contributed by atoms with Gasteiger partial charge in [-0.2, -0.15) is 0 Å². The van der Waals surface area contributed by atoms with Gasteiger partial charge in [-0.1, -0.05) is 24.3 Å². The summed E-state index contributed by atoms with van der Waals surface area (Å²) in [5.74, 6) is 0.805. The van der Waals surface area contributed by atoms with Crippen molar-refractivity contribution in [2.45, 2.75) is 38.1 Å². The molecule has 0 spiro atoms. The highest BCUT2D eigenvalue weighted by atomic mass is 32.2. The van der Waals surface area contributed by atoms with Crippen LogP contribution in [0.1, 0.15) is 30.9 Å². The van der Waals surface area contributed by atoms with Gasteiger partial charge in [0.25, 0.3) is 0 Å². The molecule has 0 saturated heterocycles. The second kappa shape index (κ2) is 7.60. The zero-order chi connectivity index (χ0) is 16.0. The van der Waals surface area contributed by atoms with Crippen molar-refractivity contribution in [2.24, 2.45) is 4.99 Å². The van der Waals surface area contributed by atoms with Gasteiger partial charge in [0.2, 0.25) is 10.0 Å². The maximum absolute atomic E-state index is 11.6. The molecule has 6 nitrogen and oxygen atoms in total. The fourth-order valence-electron chi connectivity index (χ4n) is 2.02. The predicted octanol–water partition coefficient (Wildman–Crippen LogP) is 0.953. The SMILES string of the molecule is CCNC(=NCc1cccc(CS(=O)(=O)NC)c1)NC1CC1. The predicted molar refractivity (Wildman–Crippen MR) is 89.1 cm³/mol. The van der Waals surface area contributed by atoms with E-state index in [0.29, 0.717) is 12.6 Å². The van der Waals surface area contributed by atoms with Crippen LogP contribution in [0.5, 0.6) is 0 Å². The average Bonchev–Trinajstić information content (AvgIpc) is 3.29. The van der Waals surface area contributed by atoms with Crippen LogP contribution in [0, 0.1) is 0 Å². The average molecular weight is 324 g/mol. The Morgan fingerprint density at radius 1 is 1.32 bits per heavy atom. The summed E-state index contributed by atoms with van der Waals surface area (Å²) in [4.78, 5) is 4.55. The topological polar surface area (TPSA) is 82.6 Å². The van der Waals surface area contributed by atoms with Gasteiger partial charge in [0.15, 0.2) is 5.96 Å². The van der Waals surface area contributed by atoms with Gasteiger partial charge in [-0.3, -0.25) is 0 Å². The number of nitrogens with zero attached hydrogens (tertiary/aromatic N) is 1. The highest BCUT2D eigenvalue weighted by Gasteiger charge is 2.22. The summed E-state index contributed by atoms with van der Waals surface area (Å²) in [6.45, 7) is 3.38. The molecule has 22 heavy (non-hydrogen) atoms. The van der Waals surface area contributed by atoms with Crippen molar-refractivity contribution in [3.63, 3.8) is 0 Å². The maximum Gasteiger partial charge on any atom is 0.215 e. The molecule has 1 saturated carbocycles. The normalized spacial score (nSPS) is 15.6. The summed E-state index contributed by atoms with van der Waals surface area (Å²) in [7, 11) is -1.82. The van der Waals surface area contributed by atoms with Crippen LogP contribution in [0.25, 0.3) is 0 Å². The molecule has 0 aliphatic heterocycles. The van der Waals surface area contributed by atoms with Gasteiger partial charge in [-0.15, -0.1) is 0 Å². The Balaban J connectivity index is 2.02. The van der Waals surface area contributed by atoms with Crippen molar-refractivity contribution < 1.29 is 8.42 Å². The fourth-order valence-corrected chi connectivity index (χ4v) is 2.78. The number of sulfonamides is 1. The third-order valence-corrected chi connectivity index (χ3v) is 4.68. The monoisotopic (exact) mass is 324 g/mol. The molecule has 1 fully saturated rings. The molecule has 0 bridgehead atoms. The first kappa shape index (κ1) is 16.8. The minimum Gasteiger partial charge on any atom is -0.357 e. The van der Waals surface area contributed by atoms with Gasteiger partial charge in [0.1, 0.15) is 0 Å². The van der Waals surface area contributed by atoms with Crippen molar-refractivity contribution in [2.75, 3.05) is 13.6 Å². The lowest BCUT2D eigenvalue weighted by atomic mass is 10.1. The van der Waals surface area contributed by atoms with Crippen LogP contribution < -0.4 is 15.4 Å². The van der Waals surface area contributed by atoms with Gasteiger partial charge in [0.05, 0.1) is 12.3 Å². The molecule has 0 radical (unpaired) electrons. The van der Waals surface area contributed by atoms with Crippen molar-refractivity contribution in [3.05, 3.63) is 35.4 Å². The summed E-state index contributed by atoms with van der Waals surface area (Å²) in [5.41, 5.74) is 1.76. The van der Waals surface area contributed by atoms with E-state index in [1.807, 2.05) is 31.2 Å². The van der Waals surface area contributed by atoms with E-state index in [-0.39, 0.29) is 5.75 Å². The van der Waals surface area contributed by atoms with Crippen LogP contribution in [0.3, 0.4) is 0 Å². The van der Waals surface area contributed by atoms with Crippen molar-refractivity contribution >= 4 is 16.0 Å². The Labute approximate surface area is 132 Å². The molecule has 0 atom stereocenters. The number of rotatable bonds is 7. The Kier molecular flexibility index (Phi) is 5.79. The summed E-state index contributed by atoms with van der Waals surface area (Å²) < 4.78 is 25.5. The highest BCUT2D eigenvalue weighted by molar-refractivity contribution is 7.88. The molecule has 3 N–H and O–H groups in total. The fraction of sp³-hybridized carbons (Fsp3) is 0.533. The molecule has 1 aliphatic carbocycles. The van der Waals surface area contributed by atoms with Gasteiger partial charge in [-0.25, -0.2) is 18.1 Å². The molecule has 122 valence electrons. The standard InChI is InChI=1S/C15H24N4O2S/c1-3-17-15(19-14-7-8-14)18-10-12-5-4-6-13(9-12)11-22(20,21)16-2/h4-6,9,14,16H,3,7-8,10-11H2,1-2H3,(H2,17,18,19). The summed E-state index contributed by atoms with van der Waals surface area (Å²) in [6, 6.07) is 8.08. The van der Waals surface area contributed by atoms with Crippen LogP contribution in [-0.4, -0.2) is 34.0 Å². The zero-order valence-electron chi connectivity index (χ0n) is 13.1. The van der Waals surface area contributed by atoms with Gasteiger partial charge >= 0.3 is 0 Å². The number of hydrogen-bond acceptors (Lipinski definition) is 3. The zero-order valence-corrected chi connectivity index (χ0v) is 13.9. The molecule has 0 heterocycles. The van der Waals surface area contributed by atoms with Crippen molar-refractivity contribution in [1.82, 2.24) is 15.4 Å². The van der Waals surface area contributed by atoms with E-state index in [0.717, 1.165) is 23.6 Å². The van der Waals surface area contributed by atoms with Crippen LogP contribution in [-0.2, 0) is 22.3 Å². The van der Waals surface area contributed by atoms with E-state index in [9.17, 15) is 8.42 Å². The molecule has 1 aromatic carbocycles. The third-order valence-electron chi connectivity index (χ3n) is 3.34. The number of benzene rings is 1. The number of guanidine groups is 1. The molecule has 2 rings (SSSR count). The lowest BCUT2D eigenvalue weighted by molar-refractivity contribution is 0.587. The second-order valence-electron chi connectivity index (χ2n) is 5.40. The minimum absolute atomic E-state index is 0.0125. The summed E-state index contributed by atoms with van der Waals surface area (Å²) in [5, 5.41) is 6.58. The largest absolute Gasteiger partial charge is 0.357 e. The first-order valence-electron chi connectivity index (χ1n) is 7.56. The molecular weight excluding hydrogens is 300 g/mol. The third kappa shape index (κ3) is 5.65. The van der Waals surface area contributed by atoms with Gasteiger partial charge in [-0.05, 0) is 37.9 Å². The van der Waals surface area contributed by atoms with E-state index in [1.165, 1.54) is 19.9 Å². The summed E-state index contributed by atoms with van der Waals surface area (Å²) in [6.07, 6.45) is 2.39. The lowest BCUT2D eigenvalue weighted by Crippen LogP contribution is -2.38. The Morgan fingerprint density at radius 2 is 2.05 bits per heavy atom. The van der Waals surface area contributed by atoms with Crippen LogP contribution in [0.2, 0.25) is 0 Å². The van der Waals surface area contributed by atoms with Gasteiger partial charge in [0, 0.05) is 12.6 Å². The second-order valence-corrected chi connectivity index (χ2v) is 7.32. The number of hydrogen-bond donors (Lipinski definition) is 3. The molecule has 0 aromatic heterocycles. The van der Waals surface area contributed by atoms with E-state index in [1.54, 1.807) is 0 Å². The number of aliphatic imine (C=N–C) groups is 1. The lowest BCUT2D eigenvalue weighted by Gasteiger charge is -2.10. The van der Waals surface area contributed by atoms with E-state index >= 15 is 0 Å². The van der Waals surface area contributed by atoms with Crippen molar-refractivity contribution in [1.29, 1.82) is 0 Å². The van der Waals surface area contributed by atoms with E-state index < -0.39 is 10.0 Å². The molecule has 7 heteroatoms. The highest BCUT2D eigenvalue weighted by Crippen LogP contribution is 2.18. The van der Waals surface area contributed by atoms with Gasteiger partial charge < -0.3 is 10.6 Å². The molecule has 0 amide bonds. The molecule has 1 aromatic rings. The number of nitrogens with one attached hydrogen (secondary N) is 3. The van der Waals surface area contributed by atoms with Crippen LogP contribution >= 0.6 is 0 Å². The molecular formula is C15H24N4O2S. The minimum atomic E-state index is -3.25. The van der Waals surface area contributed by atoms with E-state index in [2.05, 4.69) is 20.3 Å². The van der Waals surface area contributed by atoms with Crippen LogP contribution in [0.4, 0.5) is 0 Å². The smallest absolute Gasteiger partial charge is 0.215 e. The quantitative estimate of drug-likeness (QED) is 0.515. The molecule has 0 unspecified atom stereocenters. The maximum atomic E-state index is 11.6. The Hall–Kier alpha value is -1.60. The Morgan fingerprint density at radius 3 is 2.68 bits per heavy atom. The summed E-state index contributed by atoms with van der Waals surface area (Å²) >= 11 is 0.